The predicted octanol–water partition coefficient (Wildman–Crippen LogP) is 4.10. The molecule has 0 aliphatic carbocycles. The van der Waals surface area contributed by atoms with Gasteiger partial charge >= 0.3 is 0 Å². The topological polar surface area (TPSA) is 79.7 Å². The number of aromatic nitrogens is 2. The van der Waals surface area contributed by atoms with E-state index in [-0.39, 0.29) is 23.9 Å². The normalized spacial score (nSPS) is 12.2. The van der Waals surface area contributed by atoms with Crippen LogP contribution < -0.4 is 19.8 Å². The van der Waals surface area contributed by atoms with Crippen molar-refractivity contribution in [3.63, 3.8) is 0 Å². The lowest BCUT2D eigenvalue weighted by molar-refractivity contribution is 0.102. The Balaban J connectivity index is 1.54. The third-order valence-electron chi connectivity index (χ3n) is 5.10. The molecule has 0 saturated heterocycles. The van der Waals surface area contributed by atoms with Crippen molar-refractivity contribution >= 4 is 28.4 Å². The second kappa shape index (κ2) is 8.39. The number of carbonyl (C=O) groups is 1. The Bertz CT molecular complexity index is 1400. The van der Waals surface area contributed by atoms with Crippen molar-refractivity contribution in [1.82, 2.24) is 9.55 Å². The molecule has 8 heteroatoms. The van der Waals surface area contributed by atoms with Gasteiger partial charge in [0.2, 0.25) is 6.79 Å². The molecule has 0 N–H and O–H groups in total. The Morgan fingerprint density at radius 3 is 2.72 bits per heavy atom. The van der Waals surface area contributed by atoms with Crippen LogP contribution in [0.4, 0.5) is 0 Å². The number of carbonyl (C=O) groups excluding carboxylic acids is 1. The van der Waals surface area contributed by atoms with Crippen LogP contribution >= 0.6 is 11.8 Å². The van der Waals surface area contributed by atoms with Gasteiger partial charge in [-0.05, 0) is 42.5 Å². The Labute approximate surface area is 187 Å². The lowest BCUT2D eigenvalue weighted by Crippen LogP contribution is -2.22. The minimum atomic E-state index is -0.224. The summed E-state index contributed by atoms with van der Waals surface area (Å²) < 4.78 is 17.6. The number of methoxy groups -OCH3 is 1. The molecule has 0 radical (unpaired) electrons. The average molecular weight is 446 g/mol. The number of fused-ring (bicyclic) bond motifs is 2. The molecular weight excluding hydrogens is 428 g/mol. The minimum absolute atomic E-state index is 0.0968. The SMILES string of the molecule is COc1ccccc1-n1c(SCC(=O)c2ccc3c(c2)OCO3)nc2ccccc2c1=O. The molecule has 1 aliphatic heterocycles. The van der Waals surface area contributed by atoms with E-state index in [0.717, 1.165) is 0 Å². The molecule has 0 unspecified atom stereocenters. The summed E-state index contributed by atoms with van der Waals surface area (Å²) in [5, 5.41) is 0.900. The van der Waals surface area contributed by atoms with Crippen molar-refractivity contribution in [2.75, 3.05) is 19.7 Å². The largest absolute Gasteiger partial charge is 0.495 e. The van der Waals surface area contributed by atoms with Gasteiger partial charge in [-0.3, -0.25) is 14.2 Å². The van der Waals surface area contributed by atoms with Crippen LogP contribution in [0.15, 0.2) is 76.7 Å². The van der Waals surface area contributed by atoms with Gasteiger partial charge < -0.3 is 14.2 Å². The Kier molecular flexibility index (Phi) is 5.28. The molecule has 0 saturated carbocycles. The maximum absolute atomic E-state index is 13.4. The standard InChI is InChI=1S/C24H18N2O5S/c1-29-20-9-5-4-8-18(20)26-23(28)16-6-2-3-7-17(16)25-24(26)32-13-19(27)15-10-11-21-22(12-15)31-14-30-21/h2-12H,13-14H2,1H3. The Morgan fingerprint density at radius 2 is 1.84 bits per heavy atom. The van der Waals surface area contributed by atoms with Gasteiger partial charge in [-0.2, -0.15) is 0 Å². The molecule has 2 heterocycles. The summed E-state index contributed by atoms with van der Waals surface area (Å²) in [6, 6.07) is 19.5. The summed E-state index contributed by atoms with van der Waals surface area (Å²) in [5.41, 5.74) is 1.42. The molecule has 0 amide bonds. The number of hydrogen-bond donors (Lipinski definition) is 0. The van der Waals surface area contributed by atoms with Crippen LogP contribution in [0.25, 0.3) is 16.6 Å². The Hall–Kier alpha value is -3.78. The van der Waals surface area contributed by atoms with Gasteiger partial charge in [-0.25, -0.2) is 4.98 Å². The van der Waals surface area contributed by atoms with E-state index in [1.54, 1.807) is 55.6 Å². The van der Waals surface area contributed by atoms with Crippen molar-refractivity contribution in [2.24, 2.45) is 0 Å². The number of nitrogens with zero attached hydrogens (tertiary/aromatic N) is 2. The van der Waals surface area contributed by atoms with Gasteiger partial charge in [0, 0.05) is 5.56 Å². The highest BCUT2D eigenvalue weighted by Gasteiger charge is 2.19. The van der Waals surface area contributed by atoms with Gasteiger partial charge in [0.1, 0.15) is 5.75 Å². The first-order valence-electron chi connectivity index (χ1n) is 9.86. The van der Waals surface area contributed by atoms with E-state index < -0.39 is 0 Å². The van der Waals surface area contributed by atoms with Gasteiger partial charge in [-0.15, -0.1) is 0 Å². The zero-order valence-electron chi connectivity index (χ0n) is 17.1. The third kappa shape index (κ3) is 3.58. The first kappa shape index (κ1) is 20.1. The van der Waals surface area contributed by atoms with Crippen LogP contribution in [0.1, 0.15) is 10.4 Å². The van der Waals surface area contributed by atoms with E-state index in [0.29, 0.717) is 44.6 Å². The van der Waals surface area contributed by atoms with Crippen LogP contribution in [-0.2, 0) is 0 Å². The number of hydrogen-bond acceptors (Lipinski definition) is 7. The molecule has 0 spiro atoms. The second-order valence-electron chi connectivity index (χ2n) is 7.00. The van der Waals surface area contributed by atoms with Crippen molar-refractivity contribution < 1.29 is 19.0 Å². The average Bonchev–Trinajstić information content (AvgIpc) is 3.31. The van der Waals surface area contributed by atoms with Crippen molar-refractivity contribution in [1.29, 1.82) is 0 Å². The fourth-order valence-electron chi connectivity index (χ4n) is 3.52. The van der Waals surface area contributed by atoms with Crippen LogP contribution in [0.2, 0.25) is 0 Å². The van der Waals surface area contributed by atoms with Crippen molar-refractivity contribution in [2.45, 2.75) is 5.16 Å². The van der Waals surface area contributed by atoms with E-state index >= 15 is 0 Å². The van der Waals surface area contributed by atoms with Gasteiger partial charge in [0.05, 0.1) is 29.5 Å². The number of rotatable bonds is 6. The number of ether oxygens (including phenoxy) is 3. The molecule has 32 heavy (non-hydrogen) atoms. The molecule has 0 atom stereocenters. The Morgan fingerprint density at radius 1 is 1.06 bits per heavy atom. The molecule has 5 rings (SSSR count). The molecule has 1 aliphatic rings. The monoisotopic (exact) mass is 446 g/mol. The highest BCUT2D eigenvalue weighted by atomic mass is 32.2. The molecule has 7 nitrogen and oxygen atoms in total. The van der Waals surface area contributed by atoms with E-state index in [9.17, 15) is 9.59 Å². The fraction of sp³-hybridized carbons (Fsp3) is 0.125. The maximum Gasteiger partial charge on any atom is 0.266 e. The summed E-state index contributed by atoms with van der Waals surface area (Å²) in [4.78, 5) is 31.0. The van der Waals surface area contributed by atoms with E-state index in [1.165, 1.54) is 16.3 Å². The maximum atomic E-state index is 13.4. The molecule has 4 aromatic rings. The molecule has 3 aromatic carbocycles. The lowest BCUT2D eigenvalue weighted by atomic mass is 10.1. The highest BCUT2D eigenvalue weighted by molar-refractivity contribution is 7.99. The number of para-hydroxylation sites is 3. The van der Waals surface area contributed by atoms with Gasteiger partial charge in [0.25, 0.3) is 5.56 Å². The highest BCUT2D eigenvalue weighted by Crippen LogP contribution is 2.33. The van der Waals surface area contributed by atoms with E-state index in [1.807, 2.05) is 18.2 Å². The van der Waals surface area contributed by atoms with Crippen molar-refractivity contribution in [3.8, 4) is 22.9 Å². The second-order valence-corrected chi connectivity index (χ2v) is 7.95. The minimum Gasteiger partial charge on any atom is -0.495 e. The van der Waals surface area contributed by atoms with Crippen LogP contribution in [-0.4, -0.2) is 35.0 Å². The summed E-state index contributed by atoms with van der Waals surface area (Å²) >= 11 is 1.20. The molecular formula is C24H18N2O5S. The number of Topliss-reactive ketones (excluding diaryl/α,β-unsaturated/α-hetero) is 1. The zero-order valence-corrected chi connectivity index (χ0v) is 17.9. The summed E-state index contributed by atoms with van der Waals surface area (Å²) in [7, 11) is 1.55. The lowest BCUT2D eigenvalue weighted by Gasteiger charge is -2.15. The molecule has 1 aromatic heterocycles. The fourth-order valence-corrected chi connectivity index (χ4v) is 4.42. The summed E-state index contributed by atoms with van der Waals surface area (Å²) in [6.45, 7) is 0.147. The summed E-state index contributed by atoms with van der Waals surface area (Å²) in [6.07, 6.45) is 0. The molecule has 0 bridgehead atoms. The zero-order chi connectivity index (χ0) is 22.1. The quantitative estimate of drug-likeness (QED) is 0.251. The van der Waals surface area contributed by atoms with Crippen LogP contribution in [0, 0.1) is 0 Å². The number of ketones is 1. The van der Waals surface area contributed by atoms with Crippen LogP contribution in [0.5, 0.6) is 17.2 Å². The molecule has 160 valence electrons. The van der Waals surface area contributed by atoms with E-state index in [4.69, 9.17) is 14.2 Å². The van der Waals surface area contributed by atoms with Crippen molar-refractivity contribution in [3.05, 3.63) is 82.6 Å². The third-order valence-corrected chi connectivity index (χ3v) is 6.04. The first-order valence-corrected chi connectivity index (χ1v) is 10.8. The number of benzene rings is 3. The smallest absolute Gasteiger partial charge is 0.266 e. The molecule has 0 fully saturated rings. The van der Waals surface area contributed by atoms with E-state index in [2.05, 4.69) is 4.98 Å². The van der Waals surface area contributed by atoms with Gasteiger partial charge in [0.15, 0.2) is 22.4 Å². The van der Waals surface area contributed by atoms with Gasteiger partial charge in [-0.1, -0.05) is 36.0 Å². The predicted molar refractivity (Wildman–Crippen MR) is 122 cm³/mol. The first-order chi connectivity index (χ1) is 15.7. The number of thioether (sulfide) groups is 1. The van der Waals surface area contributed by atoms with Crippen LogP contribution in [0.3, 0.4) is 0 Å². The summed E-state index contributed by atoms with van der Waals surface area (Å²) in [5.74, 6) is 1.70.